The van der Waals surface area contributed by atoms with Crippen LogP contribution in [0.2, 0.25) is 0 Å². The predicted octanol–water partition coefficient (Wildman–Crippen LogP) is 22.7. The average Bonchev–Trinajstić information content (AvgIpc) is 3.44. The highest BCUT2D eigenvalue weighted by atomic mass is 16.5. The number of amides is 1. The third-order valence-corrected chi connectivity index (χ3v) is 16.4. The maximum Gasteiger partial charge on any atom is 0.305 e. The van der Waals surface area contributed by atoms with Gasteiger partial charge in [-0.25, -0.2) is 0 Å². The third-order valence-electron chi connectivity index (χ3n) is 16.4. The molecule has 0 heterocycles. The minimum atomic E-state index is -0.846. The van der Waals surface area contributed by atoms with Crippen LogP contribution in [0, 0.1) is 0 Å². The van der Waals surface area contributed by atoms with Gasteiger partial charge in [-0.3, -0.25) is 9.59 Å². The molecule has 78 heavy (non-hydrogen) atoms. The number of esters is 1. The van der Waals surface area contributed by atoms with Gasteiger partial charge in [0.2, 0.25) is 5.91 Å². The molecule has 0 saturated heterocycles. The van der Waals surface area contributed by atoms with Crippen LogP contribution in [0.25, 0.3) is 0 Å². The molecule has 2 atom stereocenters. The van der Waals surface area contributed by atoms with Crippen LogP contribution in [0.4, 0.5) is 0 Å². The summed E-state index contributed by atoms with van der Waals surface area (Å²) in [5.74, 6) is -0.0595. The number of hydrogen-bond acceptors (Lipinski definition) is 5. The zero-order valence-corrected chi connectivity index (χ0v) is 52.7. The van der Waals surface area contributed by atoms with E-state index in [0.29, 0.717) is 19.4 Å². The lowest BCUT2D eigenvalue weighted by molar-refractivity contribution is -0.143. The van der Waals surface area contributed by atoms with Crippen molar-refractivity contribution in [3.8, 4) is 0 Å². The second-order valence-electron chi connectivity index (χ2n) is 24.2. The van der Waals surface area contributed by atoms with Crippen LogP contribution < -0.4 is 5.32 Å². The first-order valence-electron chi connectivity index (χ1n) is 35.3. The minimum absolute atomic E-state index is 0.00465. The maximum atomic E-state index is 12.5. The molecule has 0 fully saturated rings. The molecular formula is C72H137NO5. The van der Waals surface area contributed by atoms with Crippen molar-refractivity contribution in [2.45, 2.75) is 398 Å². The van der Waals surface area contributed by atoms with E-state index in [2.05, 4.69) is 43.5 Å². The van der Waals surface area contributed by atoms with Crippen LogP contribution in [0.3, 0.4) is 0 Å². The molecule has 0 aromatic carbocycles. The maximum absolute atomic E-state index is 12.5. The molecule has 0 saturated carbocycles. The lowest BCUT2D eigenvalue weighted by Gasteiger charge is -2.20. The highest BCUT2D eigenvalue weighted by molar-refractivity contribution is 5.76. The molecule has 0 aliphatic rings. The summed E-state index contributed by atoms with van der Waals surface area (Å²) in [6, 6.07) is -0.629. The van der Waals surface area contributed by atoms with Gasteiger partial charge in [-0.05, 0) is 77.0 Å². The van der Waals surface area contributed by atoms with Gasteiger partial charge in [-0.2, -0.15) is 0 Å². The van der Waals surface area contributed by atoms with E-state index in [4.69, 9.17) is 4.74 Å². The second kappa shape index (κ2) is 67.6. The van der Waals surface area contributed by atoms with Gasteiger partial charge in [-0.1, -0.05) is 333 Å². The average molecular weight is 1100 g/mol. The van der Waals surface area contributed by atoms with Gasteiger partial charge in [-0.15, -0.1) is 0 Å². The van der Waals surface area contributed by atoms with Gasteiger partial charge in [0.15, 0.2) is 0 Å². The molecule has 460 valence electrons. The van der Waals surface area contributed by atoms with E-state index in [1.54, 1.807) is 6.08 Å². The fourth-order valence-corrected chi connectivity index (χ4v) is 11.0. The lowest BCUT2D eigenvalue weighted by Crippen LogP contribution is -2.45. The van der Waals surface area contributed by atoms with E-state index in [-0.39, 0.29) is 18.5 Å². The number of carbonyl (C=O) groups excluding carboxylic acids is 2. The van der Waals surface area contributed by atoms with E-state index < -0.39 is 12.1 Å². The van der Waals surface area contributed by atoms with E-state index >= 15 is 0 Å². The van der Waals surface area contributed by atoms with Crippen molar-refractivity contribution < 1.29 is 24.5 Å². The highest BCUT2D eigenvalue weighted by Crippen LogP contribution is 2.18. The van der Waals surface area contributed by atoms with E-state index in [1.807, 2.05) is 6.08 Å². The Morgan fingerprint density at radius 2 is 0.615 bits per heavy atom. The number of allylic oxidation sites excluding steroid dienone is 5. The smallest absolute Gasteiger partial charge is 0.305 e. The van der Waals surface area contributed by atoms with Crippen molar-refractivity contribution in [3.05, 3.63) is 36.5 Å². The molecule has 0 rings (SSSR count). The van der Waals surface area contributed by atoms with Crippen molar-refractivity contribution in [2.24, 2.45) is 0 Å². The Kier molecular flexibility index (Phi) is 65.9. The normalized spacial score (nSPS) is 12.7. The summed E-state index contributed by atoms with van der Waals surface area (Å²) < 4.78 is 5.46. The predicted molar refractivity (Wildman–Crippen MR) is 343 cm³/mol. The highest BCUT2D eigenvalue weighted by Gasteiger charge is 2.18. The molecule has 0 bridgehead atoms. The summed E-state index contributed by atoms with van der Waals surface area (Å²) in [5, 5.41) is 23.3. The van der Waals surface area contributed by atoms with Crippen molar-refractivity contribution in [2.75, 3.05) is 13.2 Å². The fourth-order valence-electron chi connectivity index (χ4n) is 11.0. The molecule has 0 aliphatic carbocycles. The molecule has 0 aliphatic heterocycles. The molecule has 0 aromatic rings. The first-order valence-corrected chi connectivity index (χ1v) is 35.3. The summed E-state index contributed by atoms with van der Waals surface area (Å²) in [6.07, 6.45) is 86.5. The van der Waals surface area contributed by atoms with Crippen LogP contribution >= 0.6 is 0 Å². The molecule has 6 heteroatoms. The molecule has 0 aromatic heterocycles. The largest absolute Gasteiger partial charge is 0.466 e. The number of hydrogen-bond donors (Lipinski definition) is 3. The van der Waals surface area contributed by atoms with Gasteiger partial charge in [0.05, 0.1) is 25.4 Å². The summed E-state index contributed by atoms with van der Waals surface area (Å²) in [5.41, 5.74) is 0. The van der Waals surface area contributed by atoms with Gasteiger partial charge >= 0.3 is 5.97 Å². The standard InChI is InChI=1S/C72H137NO5/c1-3-5-7-9-11-13-15-16-17-18-19-20-29-32-35-38-41-45-48-52-56-60-64-70(75)69(68-74)73-71(76)65-61-57-53-49-46-42-39-36-33-30-27-25-23-21-22-24-26-28-31-34-37-40-43-47-51-55-59-63-67-78-72(77)66-62-58-54-50-44-14-12-10-8-6-4-2/h10,12,21-22,60,64,69-70,74-75H,3-9,11,13-20,23-59,61-63,65-68H2,1-2H3,(H,73,76)/b12-10-,22-21-,64-60+. The number of ether oxygens (including phenoxy) is 1. The SMILES string of the molecule is CCCC/C=C\CCCCCCCC(=O)OCCCCCCCCCCCCCC/C=C\CCCCCCCCCCCCCCC(=O)NC(CO)C(O)/C=C/CCCCCCCCCCCCCCCCCCCCCC. The second-order valence-corrected chi connectivity index (χ2v) is 24.2. The van der Waals surface area contributed by atoms with Crippen LogP contribution in [-0.2, 0) is 14.3 Å². The summed E-state index contributed by atoms with van der Waals surface area (Å²) in [6.45, 7) is 4.90. The number of carbonyl (C=O) groups is 2. The van der Waals surface area contributed by atoms with Crippen LogP contribution in [0.5, 0.6) is 0 Å². The molecule has 1 amide bonds. The van der Waals surface area contributed by atoms with E-state index in [1.165, 1.54) is 315 Å². The molecule has 2 unspecified atom stereocenters. The zero-order chi connectivity index (χ0) is 56.4. The van der Waals surface area contributed by atoms with Gasteiger partial charge < -0.3 is 20.3 Å². The van der Waals surface area contributed by atoms with Crippen LogP contribution in [0.1, 0.15) is 386 Å². The minimum Gasteiger partial charge on any atom is -0.466 e. The van der Waals surface area contributed by atoms with Crippen LogP contribution in [0.15, 0.2) is 36.5 Å². The zero-order valence-electron chi connectivity index (χ0n) is 52.7. The third kappa shape index (κ3) is 63.3. The summed E-state index contributed by atoms with van der Waals surface area (Å²) >= 11 is 0. The Morgan fingerprint density at radius 3 is 0.949 bits per heavy atom. The van der Waals surface area contributed by atoms with Crippen LogP contribution in [-0.4, -0.2) is 47.4 Å². The lowest BCUT2D eigenvalue weighted by atomic mass is 10.0. The number of aliphatic hydroxyl groups excluding tert-OH is 2. The number of unbranched alkanes of at least 4 members (excludes halogenated alkanes) is 51. The summed E-state index contributed by atoms with van der Waals surface area (Å²) in [7, 11) is 0. The van der Waals surface area contributed by atoms with Gasteiger partial charge in [0, 0.05) is 12.8 Å². The molecule has 3 N–H and O–H groups in total. The topological polar surface area (TPSA) is 95.9 Å². The Balaban J connectivity index is 3.41. The van der Waals surface area contributed by atoms with Crippen molar-refractivity contribution in [1.82, 2.24) is 5.32 Å². The fraction of sp³-hybridized carbons (Fsp3) is 0.889. The monoisotopic (exact) mass is 1100 g/mol. The van der Waals surface area contributed by atoms with Crippen molar-refractivity contribution in [1.29, 1.82) is 0 Å². The van der Waals surface area contributed by atoms with Gasteiger partial charge in [0.25, 0.3) is 0 Å². The molecule has 6 nitrogen and oxygen atoms in total. The summed E-state index contributed by atoms with van der Waals surface area (Å²) in [4.78, 5) is 24.5. The molecule has 0 spiro atoms. The van der Waals surface area contributed by atoms with E-state index in [0.717, 1.165) is 44.9 Å². The van der Waals surface area contributed by atoms with Crippen molar-refractivity contribution in [3.63, 3.8) is 0 Å². The quantitative estimate of drug-likeness (QED) is 0.0320. The Bertz CT molecular complexity index is 1260. The van der Waals surface area contributed by atoms with Crippen molar-refractivity contribution >= 4 is 11.9 Å². The number of rotatable bonds is 66. The number of nitrogens with one attached hydrogen (secondary N) is 1. The molecule has 0 radical (unpaired) electrons. The Hall–Kier alpha value is -1.92. The Morgan fingerprint density at radius 1 is 0.346 bits per heavy atom. The first-order chi connectivity index (χ1) is 38.5. The molecular weight excluding hydrogens is 959 g/mol. The van der Waals surface area contributed by atoms with Gasteiger partial charge in [0.1, 0.15) is 0 Å². The number of aliphatic hydroxyl groups is 2. The Labute approximate surface area is 487 Å². The first kappa shape index (κ1) is 76.1. The van der Waals surface area contributed by atoms with E-state index in [9.17, 15) is 19.8 Å².